The van der Waals surface area contributed by atoms with Crippen molar-refractivity contribution in [3.8, 4) is 0 Å². The molecular formula is C9H11Cl2N. The molecule has 0 heterocycles. The van der Waals surface area contributed by atoms with E-state index < -0.39 is 0 Å². The summed E-state index contributed by atoms with van der Waals surface area (Å²) in [6.07, 6.45) is 0.936. The lowest BCUT2D eigenvalue weighted by Gasteiger charge is -2.11. The molecule has 0 saturated carbocycles. The standard InChI is InChI=1S/C9H11Cl2N/c1-3-8-5-4-7(2)6-9(8)12(10)11/h4-6H,3H2,1-2H3. The van der Waals surface area contributed by atoms with Gasteiger partial charge >= 0.3 is 0 Å². The minimum absolute atomic E-state index is 0.876. The topological polar surface area (TPSA) is 3.24 Å². The van der Waals surface area contributed by atoms with Crippen LogP contribution in [0.5, 0.6) is 0 Å². The highest BCUT2D eigenvalue weighted by Crippen LogP contribution is 2.25. The van der Waals surface area contributed by atoms with Crippen LogP contribution in [0.4, 0.5) is 5.69 Å². The minimum Gasteiger partial charge on any atom is -0.194 e. The lowest BCUT2D eigenvalue weighted by molar-refractivity contribution is 1.13. The van der Waals surface area contributed by atoms with E-state index in [1.807, 2.05) is 19.1 Å². The maximum Gasteiger partial charge on any atom is 0.0744 e. The van der Waals surface area contributed by atoms with Crippen LogP contribution >= 0.6 is 23.6 Å². The van der Waals surface area contributed by atoms with Crippen LogP contribution in [0, 0.1) is 6.92 Å². The van der Waals surface area contributed by atoms with Crippen LogP contribution < -0.4 is 3.94 Å². The lowest BCUT2D eigenvalue weighted by atomic mass is 10.1. The van der Waals surface area contributed by atoms with Crippen molar-refractivity contribution < 1.29 is 0 Å². The molecule has 0 radical (unpaired) electrons. The van der Waals surface area contributed by atoms with Gasteiger partial charge in [0.25, 0.3) is 0 Å². The fourth-order valence-electron chi connectivity index (χ4n) is 1.13. The van der Waals surface area contributed by atoms with Gasteiger partial charge in [-0.3, -0.25) is 0 Å². The molecule has 66 valence electrons. The quantitative estimate of drug-likeness (QED) is 0.664. The molecule has 0 unspecified atom stereocenters. The molecule has 12 heavy (non-hydrogen) atoms. The molecule has 0 bridgehead atoms. The molecule has 0 aliphatic carbocycles. The number of hydrogen-bond donors (Lipinski definition) is 0. The Morgan fingerprint density at radius 3 is 2.50 bits per heavy atom. The number of hydrogen-bond acceptors (Lipinski definition) is 1. The molecule has 0 fully saturated rings. The second-order valence-electron chi connectivity index (χ2n) is 2.72. The van der Waals surface area contributed by atoms with Gasteiger partial charge in [0.2, 0.25) is 0 Å². The zero-order chi connectivity index (χ0) is 9.14. The predicted octanol–water partition coefficient (Wildman–Crippen LogP) is 3.67. The monoisotopic (exact) mass is 203 g/mol. The average Bonchev–Trinajstić information content (AvgIpc) is 2.04. The first-order valence-electron chi connectivity index (χ1n) is 3.86. The fourth-order valence-corrected chi connectivity index (χ4v) is 1.44. The number of aryl methyl sites for hydroxylation is 2. The number of halogens is 2. The van der Waals surface area contributed by atoms with Gasteiger partial charge in [-0.1, -0.05) is 19.1 Å². The molecule has 0 atom stereocenters. The first-order chi connectivity index (χ1) is 5.65. The van der Waals surface area contributed by atoms with E-state index in [1.165, 1.54) is 0 Å². The Kier molecular flexibility index (Phi) is 3.24. The number of nitrogens with zero attached hydrogens (tertiary/aromatic N) is 1. The van der Waals surface area contributed by atoms with E-state index in [0.29, 0.717) is 0 Å². The van der Waals surface area contributed by atoms with E-state index in [0.717, 1.165) is 27.2 Å². The Bertz CT molecular complexity index is 271. The SMILES string of the molecule is CCc1ccc(C)cc1N(Cl)Cl. The van der Waals surface area contributed by atoms with Gasteiger partial charge in [-0.15, -0.1) is 0 Å². The third kappa shape index (κ3) is 2.05. The van der Waals surface area contributed by atoms with E-state index in [4.69, 9.17) is 23.6 Å². The van der Waals surface area contributed by atoms with Crippen molar-refractivity contribution in [2.45, 2.75) is 20.3 Å². The third-order valence-electron chi connectivity index (χ3n) is 1.80. The summed E-state index contributed by atoms with van der Waals surface area (Å²) in [6, 6.07) is 6.07. The number of anilines is 1. The van der Waals surface area contributed by atoms with Crippen molar-refractivity contribution >= 4 is 29.2 Å². The van der Waals surface area contributed by atoms with Crippen molar-refractivity contribution in [2.75, 3.05) is 3.94 Å². The normalized spacial score (nSPS) is 10.0. The van der Waals surface area contributed by atoms with Gasteiger partial charge in [0.1, 0.15) is 0 Å². The van der Waals surface area contributed by atoms with Crippen molar-refractivity contribution in [3.05, 3.63) is 29.3 Å². The van der Waals surface area contributed by atoms with Gasteiger partial charge in [-0.2, -0.15) is 3.94 Å². The summed E-state index contributed by atoms with van der Waals surface area (Å²) in [5.41, 5.74) is 3.19. The number of rotatable bonds is 2. The van der Waals surface area contributed by atoms with Gasteiger partial charge in [0.15, 0.2) is 0 Å². The van der Waals surface area contributed by atoms with Crippen LogP contribution in [-0.4, -0.2) is 0 Å². The first kappa shape index (κ1) is 9.69. The second kappa shape index (κ2) is 4.01. The first-order valence-corrected chi connectivity index (χ1v) is 4.54. The summed E-state index contributed by atoms with van der Waals surface area (Å²) in [4.78, 5) is 0. The molecule has 3 heteroatoms. The van der Waals surface area contributed by atoms with Gasteiger partial charge in [0, 0.05) is 23.6 Å². The van der Waals surface area contributed by atoms with Crippen molar-refractivity contribution in [1.29, 1.82) is 0 Å². The van der Waals surface area contributed by atoms with Gasteiger partial charge in [0.05, 0.1) is 5.69 Å². The molecule has 1 aromatic rings. The van der Waals surface area contributed by atoms with E-state index in [9.17, 15) is 0 Å². The smallest absolute Gasteiger partial charge is 0.0744 e. The Morgan fingerprint density at radius 2 is 2.00 bits per heavy atom. The summed E-state index contributed by atoms with van der Waals surface area (Å²) in [6.45, 7) is 4.09. The lowest BCUT2D eigenvalue weighted by Crippen LogP contribution is -1.97. The molecule has 0 amide bonds. The maximum atomic E-state index is 5.66. The molecule has 0 aliphatic rings. The molecule has 0 N–H and O–H groups in total. The summed E-state index contributed by atoms with van der Waals surface area (Å²) >= 11 is 11.3. The Hall–Kier alpha value is -0.400. The van der Waals surface area contributed by atoms with Crippen LogP contribution in [-0.2, 0) is 6.42 Å². The molecule has 0 aromatic heterocycles. The largest absolute Gasteiger partial charge is 0.194 e. The Balaban J connectivity index is 3.12. The molecule has 0 aliphatic heterocycles. The Labute approximate surface area is 83.1 Å². The third-order valence-corrected chi connectivity index (χ3v) is 2.17. The average molecular weight is 204 g/mol. The van der Waals surface area contributed by atoms with Gasteiger partial charge in [-0.05, 0) is 30.5 Å². The molecule has 0 saturated heterocycles. The summed E-state index contributed by atoms with van der Waals surface area (Å²) in [5.74, 6) is 0. The zero-order valence-electron chi connectivity index (χ0n) is 7.14. The van der Waals surface area contributed by atoms with Gasteiger partial charge < -0.3 is 0 Å². The van der Waals surface area contributed by atoms with E-state index in [-0.39, 0.29) is 0 Å². The van der Waals surface area contributed by atoms with Crippen molar-refractivity contribution in [1.82, 2.24) is 0 Å². The summed E-state index contributed by atoms with van der Waals surface area (Å²) < 4.78 is 1.12. The second-order valence-corrected chi connectivity index (χ2v) is 3.57. The van der Waals surface area contributed by atoms with Crippen LogP contribution in [0.2, 0.25) is 0 Å². The fraction of sp³-hybridized carbons (Fsp3) is 0.333. The van der Waals surface area contributed by atoms with Crippen LogP contribution in [0.25, 0.3) is 0 Å². The van der Waals surface area contributed by atoms with Crippen molar-refractivity contribution in [2.24, 2.45) is 0 Å². The Morgan fingerprint density at radius 1 is 1.33 bits per heavy atom. The van der Waals surface area contributed by atoms with Crippen LogP contribution in [0.3, 0.4) is 0 Å². The van der Waals surface area contributed by atoms with Crippen molar-refractivity contribution in [3.63, 3.8) is 0 Å². The van der Waals surface area contributed by atoms with E-state index >= 15 is 0 Å². The highest BCUT2D eigenvalue weighted by Gasteiger charge is 2.05. The number of benzene rings is 1. The summed E-state index contributed by atoms with van der Waals surface area (Å²) in [5, 5.41) is 0. The van der Waals surface area contributed by atoms with Crippen LogP contribution in [0.15, 0.2) is 18.2 Å². The van der Waals surface area contributed by atoms with Crippen LogP contribution in [0.1, 0.15) is 18.1 Å². The maximum absolute atomic E-state index is 5.66. The van der Waals surface area contributed by atoms with E-state index in [2.05, 4.69) is 13.0 Å². The molecule has 1 aromatic carbocycles. The zero-order valence-corrected chi connectivity index (χ0v) is 8.65. The molecule has 1 nitrogen and oxygen atoms in total. The highest BCUT2D eigenvalue weighted by atomic mass is 35.5. The van der Waals surface area contributed by atoms with E-state index in [1.54, 1.807) is 0 Å². The predicted molar refractivity (Wildman–Crippen MR) is 54.7 cm³/mol. The van der Waals surface area contributed by atoms with Gasteiger partial charge in [-0.25, -0.2) is 0 Å². The minimum atomic E-state index is 0.876. The molecular weight excluding hydrogens is 193 g/mol. The highest BCUT2D eigenvalue weighted by molar-refractivity contribution is 6.49. The summed E-state index contributed by atoms with van der Waals surface area (Å²) in [7, 11) is 0. The molecule has 1 rings (SSSR count). The molecule has 0 spiro atoms.